The molecule has 7 nitrogen and oxygen atoms in total. The highest BCUT2D eigenvalue weighted by Gasteiger charge is 2.55. The van der Waals surface area contributed by atoms with Crippen LogP contribution in [0.5, 0.6) is 0 Å². The maximum absolute atomic E-state index is 13.6. The number of hydrogen-bond acceptors (Lipinski definition) is 5. The Morgan fingerprint density at radius 2 is 1.85 bits per heavy atom. The summed E-state index contributed by atoms with van der Waals surface area (Å²) in [6.07, 6.45) is 9.25. The van der Waals surface area contributed by atoms with Crippen molar-refractivity contribution in [3.05, 3.63) is 53.9 Å². The second-order valence-corrected chi connectivity index (χ2v) is 10.8. The lowest BCUT2D eigenvalue weighted by atomic mass is 9.68. The molecular weight excluding hydrogens is 428 g/mol. The molecule has 0 N–H and O–H groups in total. The number of nitrogens with zero attached hydrogens (tertiary/aromatic N) is 4. The third kappa shape index (κ3) is 4.15. The van der Waals surface area contributed by atoms with Crippen LogP contribution in [-0.2, 0) is 16.8 Å². The maximum Gasteiger partial charge on any atom is 0.321 e. The SMILES string of the molecule is CN(C)C1(c2ccccc2)CCC2(CC1)CN(CC(=O)Cc1ccon1)C(=O)N2CC1CCC1. The third-order valence-electron chi connectivity index (χ3n) is 8.64. The Morgan fingerprint density at radius 1 is 1.12 bits per heavy atom. The van der Waals surface area contributed by atoms with Crippen molar-refractivity contribution in [3.8, 4) is 0 Å². The normalized spacial score (nSPS) is 27.6. The predicted molar refractivity (Wildman–Crippen MR) is 129 cm³/mol. The summed E-state index contributed by atoms with van der Waals surface area (Å²) in [4.78, 5) is 32.7. The molecule has 182 valence electrons. The van der Waals surface area contributed by atoms with Gasteiger partial charge in [0, 0.05) is 24.7 Å². The molecule has 2 aliphatic carbocycles. The average Bonchev–Trinajstić information content (AvgIpc) is 3.39. The first kappa shape index (κ1) is 23.1. The van der Waals surface area contributed by atoms with Crippen LogP contribution in [0.15, 0.2) is 47.2 Å². The lowest BCUT2D eigenvalue weighted by molar-refractivity contribution is -0.119. The Kier molecular flexibility index (Phi) is 6.23. The largest absolute Gasteiger partial charge is 0.364 e. The fourth-order valence-electron chi connectivity index (χ4n) is 6.31. The summed E-state index contributed by atoms with van der Waals surface area (Å²) in [5.41, 5.74) is 1.77. The van der Waals surface area contributed by atoms with Crippen LogP contribution in [0.3, 0.4) is 0 Å². The van der Waals surface area contributed by atoms with E-state index in [1.165, 1.54) is 31.1 Å². The van der Waals surface area contributed by atoms with E-state index in [0.29, 0.717) is 18.2 Å². The first-order valence-corrected chi connectivity index (χ1v) is 12.6. The number of aromatic nitrogens is 1. The van der Waals surface area contributed by atoms with E-state index >= 15 is 0 Å². The Hall–Kier alpha value is -2.67. The lowest BCUT2D eigenvalue weighted by Gasteiger charge is -2.51. The van der Waals surface area contributed by atoms with Gasteiger partial charge in [0.1, 0.15) is 6.26 Å². The van der Waals surface area contributed by atoms with E-state index in [1.807, 2.05) is 0 Å². The van der Waals surface area contributed by atoms with E-state index in [4.69, 9.17) is 4.52 Å². The fourth-order valence-corrected chi connectivity index (χ4v) is 6.31. The van der Waals surface area contributed by atoms with Gasteiger partial charge in [-0.05, 0) is 64.1 Å². The number of amides is 2. The molecule has 7 heteroatoms. The number of urea groups is 1. The molecular formula is C27H36N4O3. The molecule has 1 aliphatic heterocycles. The molecule has 3 fully saturated rings. The summed E-state index contributed by atoms with van der Waals surface area (Å²) >= 11 is 0. The number of carbonyl (C=O) groups is 2. The van der Waals surface area contributed by atoms with Gasteiger partial charge in [0.15, 0.2) is 5.78 Å². The van der Waals surface area contributed by atoms with E-state index in [9.17, 15) is 9.59 Å². The van der Waals surface area contributed by atoms with Gasteiger partial charge < -0.3 is 14.3 Å². The van der Waals surface area contributed by atoms with E-state index in [0.717, 1.165) is 32.2 Å². The van der Waals surface area contributed by atoms with E-state index in [2.05, 4.69) is 59.4 Å². The predicted octanol–water partition coefficient (Wildman–Crippen LogP) is 4.09. The molecule has 1 saturated heterocycles. The standard InChI is InChI=1S/C27H36N4O3/c1-29(2)27(22-9-4-3-5-10-22)14-12-26(13-15-27)20-30(19-24(32)17-23-11-16-34-28-23)25(33)31(26)18-21-7-6-8-21/h3-5,9-11,16,21H,6-8,12-15,17-20H2,1-2H3. The first-order chi connectivity index (χ1) is 16.4. The van der Waals surface area contributed by atoms with Crippen LogP contribution in [0.4, 0.5) is 4.79 Å². The molecule has 34 heavy (non-hydrogen) atoms. The van der Waals surface area contributed by atoms with Gasteiger partial charge in [0.25, 0.3) is 0 Å². The fraction of sp³-hybridized carbons (Fsp3) is 0.593. The summed E-state index contributed by atoms with van der Waals surface area (Å²) in [5.74, 6) is 0.604. The molecule has 1 spiro atoms. The van der Waals surface area contributed by atoms with Crippen LogP contribution in [0.1, 0.15) is 56.2 Å². The van der Waals surface area contributed by atoms with Gasteiger partial charge in [-0.15, -0.1) is 0 Å². The van der Waals surface area contributed by atoms with Gasteiger partial charge in [0.2, 0.25) is 0 Å². The lowest BCUT2D eigenvalue weighted by Crippen LogP contribution is -2.56. The van der Waals surface area contributed by atoms with Crippen molar-refractivity contribution in [2.45, 2.75) is 62.4 Å². The Bertz CT molecular complexity index is 992. The molecule has 2 aromatic rings. The smallest absolute Gasteiger partial charge is 0.321 e. The van der Waals surface area contributed by atoms with Crippen molar-refractivity contribution in [2.75, 3.05) is 33.7 Å². The van der Waals surface area contributed by atoms with E-state index < -0.39 is 0 Å². The minimum absolute atomic E-state index is 0.00521. The molecule has 3 aliphatic rings. The van der Waals surface area contributed by atoms with Crippen LogP contribution in [0.2, 0.25) is 0 Å². The summed E-state index contributed by atoms with van der Waals surface area (Å²) in [6, 6.07) is 12.5. The van der Waals surface area contributed by atoms with Gasteiger partial charge in [-0.1, -0.05) is 41.9 Å². The molecule has 0 radical (unpaired) electrons. The first-order valence-electron chi connectivity index (χ1n) is 12.6. The van der Waals surface area contributed by atoms with Crippen molar-refractivity contribution >= 4 is 11.8 Å². The summed E-state index contributed by atoms with van der Waals surface area (Å²) in [6.45, 7) is 1.61. The number of carbonyl (C=O) groups excluding carboxylic acids is 2. The monoisotopic (exact) mass is 464 g/mol. The van der Waals surface area contributed by atoms with Crippen molar-refractivity contribution in [1.29, 1.82) is 0 Å². The second kappa shape index (κ2) is 9.17. The Labute approximate surface area is 202 Å². The zero-order valence-corrected chi connectivity index (χ0v) is 20.4. The minimum atomic E-state index is -0.185. The number of ketones is 1. The number of hydrogen-bond donors (Lipinski definition) is 0. The van der Waals surface area contributed by atoms with Crippen LogP contribution >= 0.6 is 0 Å². The van der Waals surface area contributed by atoms with Crippen molar-refractivity contribution in [1.82, 2.24) is 19.9 Å². The van der Waals surface area contributed by atoms with Crippen LogP contribution < -0.4 is 0 Å². The molecule has 5 rings (SSSR count). The van der Waals surface area contributed by atoms with Gasteiger partial charge in [-0.3, -0.25) is 9.69 Å². The topological polar surface area (TPSA) is 69.9 Å². The van der Waals surface area contributed by atoms with Gasteiger partial charge in [0.05, 0.1) is 24.2 Å². The maximum atomic E-state index is 13.6. The van der Waals surface area contributed by atoms with E-state index in [1.54, 1.807) is 11.0 Å². The Balaban J connectivity index is 1.35. The molecule has 2 amide bonds. The van der Waals surface area contributed by atoms with Crippen LogP contribution in [0.25, 0.3) is 0 Å². The number of benzene rings is 1. The van der Waals surface area contributed by atoms with Gasteiger partial charge in [-0.2, -0.15) is 0 Å². The number of rotatable bonds is 8. The molecule has 0 bridgehead atoms. The quantitative estimate of drug-likeness (QED) is 0.588. The highest BCUT2D eigenvalue weighted by molar-refractivity contribution is 5.88. The van der Waals surface area contributed by atoms with Crippen LogP contribution in [-0.4, -0.2) is 70.9 Å². The molecule has 0 unspecified atom stereocenters. The van der Waals surface area contributed by atoms with E-state index in [-0.39, 0.29) is 35.9 Å². The van der Waals surface area contributed by atoms with Crippen molar-refractivity contribution in [2.24, 2.45) is 5.92 Å². The minimum Gasteiger partial charge on any atom is -0.364 e. The highest BCUT2D eigenvalue weighted by Crippen LogP contribution is 2.49. The molecule has 1 aromatic carbocycles. The Morgan fingerprint density at radius 3 is 2.44 bits per heavy atom. The molecule has 2 heterocycles. The molecule has 0 atom stereocenters. The molecule has 1 aromatic heterocycles. The van der Waals surface area contributed by atoms with Crippen molar-refractivity contribution in [3.63, 3.8) is 0 Å². The number of Topliss-reactive ketones (excluding diaryl/α,β-unsaturated/α-hetero) is 1. The zero-order chi connectivity index (χ0) is 23.8. The third-order valence-corrected chi connectivity index (χ3v) is 8.64. The highest BCUT2D eigenvalue weighted by atomic mass is 16.5. The summed E-state index contributed by atoms with van der Waals surface area (Å²) in [7, 11) is 4.34. The van der Waals surface area contributed by atoms with Crippen LogP contribution in [0, 0.1) is 5.92 Å². The average molecular weight is 465 g/mol. The zero-order valence-electron chi connectivity index (χ0n) is 20.4. The van der Waals surface area contributed by atoms with Gasteiger partial charge >= 0.3 is 6.03 Å². The van der Waals surface area contributed by atoms with Crippen molar-refractivity contribution < 1.29 is 14.1 Å². The second-order valence-electron chi connectivity index (χ2n) is 10.8. The summed E-state index contributed by atoms with van der Waals surface area (Å²) in [5, 5.41) is 3.85. The summed E-state index contributed by atoms with van der Waals surface area (Å²) < 4.78 is 4.86. The van der Waals surface area contributed by atoms with Gasteiger partial charge in [-0.25, -0.2) is 4.79 Å². The molecule has 2 saturated carbocycles.